The molecule has 1 N–H and O–H groups in total. The summed E-state index contributed by atoms with van der Waals surface area (Å²) in [5.41, 5.74) is 1.82. The number of methoxy groups -OCH3 is 1. The van der Waals surface area contributed by atoms with Crippen molar-refractivity contribution < 1.29 is 28.6 Å². The normalized spacial score (nSPS) is 34.8. The standard InChI is InChI=1S/C35H46N4O6/c1-20-28(19-40)39-18-30(20)44-32-26(36-25-12-11-22(43-3)17-27(25)37-32)10-6-4-5-9-23-24-15-21(24)16-29(23)45-34(42)38-31(33(39)41)35(2)13-7-8-14-35/h11-12,17,19-21,23-24,28-31H,4-10,13-16,18H2,1-3H3,(H,38,42)/t20-,21?,23+,24?,28+,29+,30-,31+/m0/s1. The quantitative estimate of drug-likeness (QED) is 0.464. The van der Waals surface area contributed by atoms with Gasteiger partial charge in [-0.15, -0.1) is 0 Å². The number of nitrogens with one attached hydrogen (secondary N) is 1. The lowest BCUT2D eigenvalue weighted by atomic mass is 9.79. The number of carbonyl (C=O) groups excluding carboxylic acids is 3. The summed E-state index contributed by atoms with van der Waals surface area (Å²) in [6.07, 6.45) is 10.3. The number of ether oxygens (including phenoxy) is 3. The summed E-state index contributed by atoms with van der Waals surface area (Å²) in [6.45, 7) is 4.24. The maximum absolute atomic E-state index is 14.4. The van der Waals surface area contributed by atoms with Gasteiger partial charge in [-0.3, -0.25) is 4.79 Å². The van der Waals surface area contributed by atoms with Gasteiger partial charge in [0.1, 0.15) is 36.0 Å². The van der Waals surface area contributed by atoms with Crippen LogP contribution in [0.5, 0.6) is 11.6 Å². The molecule has 2 amide bonds. The second-order valence-corrected chi connectivity index (χ2v) is 14.5. The van der Waals surface area contributed by atoms with Crippen LogP contribution in [0.1, 0.15) is 83.7 Å². The summed E-state index contributed by atoms with van der Waals surface area (Å²) in [7, 11) is 1.62. The van der Waals surface area contributed by atoms with E-state index in [2.05, 4.69) is 12.2 Å². The molecule has 1 aromatic carbocycles. The lowest BCUT2D eigenvalue weighted by Crippen LogP contribution is -2.57. The lowest BCUT2D eigenvalue weighted by Gasteiger charge is -2.37. The number of rotatable bonds is 3. The second-order valence-electron chi connectivity index (χ2n) is 14.5. The fourth-order valence-electron chi connectivity index (χ4n) is 8.81. The van der Waals surface area contributed by atoms with Crippen molar-refractivity contribution in [1.29, 1.82) is 0 Å². The summed E-state index contributed by atoms with van der Waals surface area (Å²) in [4.78, 5) is 51.9. The first-order valence-electron chi connectivity index (χ1n) is 17.0. The zero-order valence-electron chi connectivity index (χ0n) is 26.7. The van der Waals surface area contributed by atoms with Crippen LogP contribution in [0.15, 0.2) is 18.2 Å². The third-order valence-electron chi connectivity index (χ3n) is 11.7. The van der Waals surface area contributed by atoms with E-state index in [1.54, 1.807) is 12.0 Å². The average molecular weight is 619 g/mol. The fourth-order valence-corrected chi connectivity index (χ4v) is 8.81. The molecule has 10 heteroatoms. The molecule has 1 saturated heterocycles. The van der Waals surface area contributed by atoms with Crippen molar-refractivity contribution in [3.05, 3.63) is 23.9 Å². The van der Waals surface area contributed by atoms with Crippen LogP contribution in [0, 0.1) is 29.1 Å². The topological polar surface area (TPSA) is 120 Å². The molecule has 5 aliphatic rings. The van der Waals surface area contributed by atoms with E-state index in [0.717, 1.165) is 75.3 Å². The number of aldehydes is 1. The number of amides is 2. The number of carbonyl (C=O) groups is 3. The molecule has 242 valence electrons. The van der Waals surface area contributed by atoms with Crippen molar-refractivity contribution in [2.75, 3.05) is 13.7 Å². The number of aryl methyl sites for hydroxylation is 1. The molecular formula is C35H46N4O6. The summed E-state index contributed by atoms with van der Waals surface area (Å²) in [6, 6.07) is 4.18. The molecule has 2 aliphatic heterocycles. The Balaban J connectivity index is 1.23. The first-order chi connectivity index (χ1) is 21.8. The molecule has 3 heterocycles. The minimum atomic E-state index is -0.780. The van der Waals surface area contributed by atoms with Gasteiger partial charge in [0.25, 0.3) is 0 Å². The van der Waals surface area contributed by atoms with Gasteiger partial charge in [-0.2, -0.15) is 0 Å². The van der Waals surface area contributed by atoms with Crippen molar-refractivity contribution in [3.63, 3.8) is 0 Å². The summed E-state index contributed by atoms with van der Waals surface area (Å²) >= 11 is 0. The van der Waals surface area contributed by atoms with Gasteiger partial charge < -0.3 is 29.2 Å². The van der Waals surface area contributed by atoms with E-state index in [1.807, 2.05) is 25.1 Å². The largest absolute Gasteiger partial charge is 0.497 e. The molecule has 2 unspecified atom stereocenters. The number of alkyl carbamates (subject to hydrolysis) is 1. The Hall–Kier alpha value is -3.43. The highest BCUT2D eigenvalue weighted by atomic mass is 16.6. The first kappa shape index (κ1) is 30.2. The minimum Gasteiger partial charge on any atom is -0.497 e. The Bertz CT molecular complexity index is 1460. The van der Waals surface area contributed by atoms with E-state index in [9.17, 15) is 14.4 Å². The van der Waals surface area contributed by atoms with Crippen LogP contribution in [0.25, 0.3) is 11.0 Å². The van der Waals surface area contributed by atoms with E-state index >= 15 is 0 Å². The van der Waals surface area contributed by atoms with Gasteiger partial charge in [0, 0.05) is 12.0 Å². The van der Waals surface area contributed by atoms with Crippen LogP contribution in [0.4, 0.5) is 4.79 Å². The van der Waals surface area contributed by atoms with Crippen molar-refractivity contribution in [2.24, 2.45) is 29.1 Å². The van der Waals surface area contributed by atoms with Crippen LogP contribution in [-0.2, 0) is 20.7 Å². The highest BCUT2D eigenvalue weighted by Gasteiger charge is 2.55. The van der Waals surface area contributed by atoms with Crippen LogP contribution in [-0.4, -0.2) is 71.1 Å². The SMILES string of the molecule is COc1ccc2nc3c(nc2c1)O[C@H]1CN(C(=O)[C@H](C2(C)CCCC2)NC(=O)O[C@@H]2CC4CC4[C@H]2CCCCC3)[C@H](C=O)[C@@H]1C. The average Bonchev–Trinajstić information content (AvgIpc) is 3.32. The molecule has 10 nitrogen and oxygen atoms in total. The predicted molar refractivity (Wildman–Crippen MR) is 167 cm³/mol. The van der Waals surface area contributed by atoms with E-state index in [0.29, 0.717) is 41.3 Å². The van der Waals surface area contributed by atoms with E-state index in [-0.39, 0.29) is 24.5 Å². The number of aromatic nitrogens is 2. The molecule has 0 spiro atoms. The molecule has 2 aromatic rings. The third kappa shape index (κ3) is 5.74. The maximum atomic E-state index is 14.4. The molecule has 0 radical (unpaired) electrons. The van der Waals surface area contributed by atoms with Gasteiger partial charge in [0.15, 0.2) is 0 Å². The Kier molecular flexibility index (Phi) is 8.10. The molecule has 1 aromatic heterocycles. The zero-order chi connectivity index (χ0) is 31.3. The number of hydrogen-bond acceptors (Lipinski definition) is 8. The molecule has 7 rings (SSSR count). The van der Waals surface area contributed by atoms with Gasteiger partial charge in [-0.25, -0.2) is 14.8 Å². The van der Waals surface area contributed by atoms with E-state index in [1.165, 1.54) is 6.42 Å². The van der Waals surface area contributed by atoms with Crippen molar-refractivity contribution in [1.82, 2.24) is 20.2 Å². The minimum absolute atomic E-state index is 0.109. The summed E-state index contributed by atoms with van der Waals surface area (Å²) < 4.78 is 18.2. The number of fused-ring (bicyclic) bond motifs is 7. The smallest absolute Gasteiger partial charge is 0.408 e. The summed E-state index contributed by atoms with van der Waals surface area (Å²) in [5.74, 6) is 2.26. The van der Waals surface area contributed by atoms with Gasteiger partial charge in [0.05, 0.1) is 30.7 Å². The Morgan fingerprint density at radius 2 is 1.82 bits per heavy atom. The van der Waals surface area contributed by atoms with Crippen LogP contribution >= 0.6 is 0 Å². The molecular weight excluding hydrogens is 572 g/mol. The van der Waals surface area contributed by atoms with E-state index < -0.39 is 29.7 Å². The van der Waals surface area contributed by atoms with E-state index in [4.69, 9.17) is 24.2 Å². The maximum Gasteiger partial charge on any atom is 0.408 e. The molecule has 4 fully saturated rings. The van der Waals surface area contributed by atoms with Crippen LogP contribution in [0.2, 0.25) is 0 Å². The zero-order valence-corrected chi connectivity index (χ0v) is 26.7. The molecule has 3 aliphatic carbocycles. The van der Waals surface area contributed by atoms with Gasteiger partial charge in [-0.05, 0) is 80.2 Å². The fraction of sp³-hybridized carbons (Fsp3) is 0.686. The highest BCUT2D eigenvalue weighted by molar-refractivity contribution is 5.89. The third-order valence-corrected chi connectivity index (χ3v) is 11.7. The monoisotopic (exact) mass is 618 g/mol. The number of benzene rings is 1. The molecule has 8 atom stereocenters. The van der Waals surface area contributed by atoms with Crippen LogP contribution in [0.3, 0.4) is 0 Å². The molecule has 3 saturated carbocycles. The number of nitrogens with zero attached hydrogens (tertiary/aromatic N) is 3. The Morgan fingerprint density at radius 1 is 1.00 bits per heavy atom. The van der Waals surface area contributed by atoms with Crippen molar-refractivity contribution >= 4 is 29.3 Å². The molecule has 45 heavy (non-hydrogen) atoms. The highest BCUT2D eigenvalue weighted by Crippen LogP contribution is 2.57. The second kappa shape index (κ2) is 12.1. The van der Waals surface area contributed by atoms with Crippen LogP contribution < -0.4 is 14.8 Å². The van der Waals surface area contributed by atoms with Gasteiger partial charge >= 0.3 is 6.09 Å². The molecule has 2 bridgehead atoms. The van der Waals surface area contributed by atoms with Gasteiger partial charge in [-0.1, -0.05) is 39.5 Å². The first-order valence-corrected chi connectivity index (χ1v) is 17.0. The Morgan fingerprint density at radius 3 is 2.60 bits per heavy atom. The summed E-state index contributed by atoms with van der Waals surface area (Å²) in [5, 5.41) is 3.04. The predicted octanol–water partition coefficient (Wildman–Crippen LogP) is 5.25. The lowest BCUT2D eigenvalue weighted by molar-refractivity contribution is -0.140. The number of hydrogen-bond donors (Lipinski definition) is 1. The van der Waals surface area contributed by atoms with Gasteiger partial charge in [0.2, 0.25) is 11.8 Å². The van der Waals surface area contributed by atoms with Crippen molar-refractivity contribution in [2.45, 2.75) is 109 Å². The van der Waals surface area contributed by atoms with Crippen molar-refractivity contribution in [3.8, 4) is 11.6 Å². The Labute approximate surface area is 265 Å².